The Morgan fingerprint density at radius 1 is 1.24 bits per heavy atom. The highest BCUT2D eigenvalue weighted by Gasteiger charge is 2.12. The van der Waals surface area contributed by atoms with E-state index in [-0.39, 0.29) is 18.2 Å². The maximum atomic E-state index is 12.2. The fourth-order valence-corrected chi connectivity index (χ4v) is 2.75. The van der Waals surface area contributed by atoms with Crippen molar-refractivity contribution >= 4 is 34.2 Å². The predicted octanol–water partition coefficient (Wildman–Crippen LogP) is 4.15. The van der Waals surface area contributed by atoms with Crippen molar-refractivity contribution in [3.63, 3.8) is 0 Å². The number of nitrogens with zero attached hydrogens (tertiary/aromatic N) is 1. The quantitative estimate of drug-likeness (QED) is 0.810. The molecule has 0 aliphatic rings. The van der Waals surface area contributed by atoms with Gasteiger partial charge in [0, 0.05) is 11.1 Å². The number of thiazole rings is 1. The Morgan fingerprint density at radius 2 is 2.00 bits per heavy atom. The van der Waals surface area contributed by atoms with E-state index < -0.39 is 6.09 Å². The number of amides is 2. The largest absolute Gasteiger partial charge is 0.449 e. The summed E-state index contributed by atoms with van der Waals surface area (Å²) in [4.78, 5) is 28.1. The van der Waals surface area contributed by atoms with Gasteiger partial charge in [-0.15, -0.1) is 11.3 Å². The number of hydrogen-bond donors (Lipinski definition) is 2. The lowest BCUT2D eigenvalue weighted by Crippen LogP contribution is -2.17. The van der Waals surface area contributed by atoms with Gasteiger partial charge in [-0.2, -0.15) is 0 Å². The number of rotatable bonds is 6. The summed E-state index contributed by atoms with van der Waals surface area (Å²) in [7, 11) is 0. The van der Waals surface area contributed by atoms with Gasteiger partial charge in [0.1, 0.15) is 0 Å². The highest BCUT2D eigenvalue weighted by atomic mass is 32.1. The zero-order valence-corrected chi connectivity index (χ0v) is 15.7. The van der Waals surface area contributed by atoms with Crippen LogP contribution in [0.15, 0.2) is 23.6 Å². The van der Waals surface area contributed by atoms with Gasteiger partial charge in [-0.1, -0.05) is 26.0 Å². The van der Waals surface area contributed by atoms with Crippen molar-refractivity contribution in [1.82, 2.24) is 4.98 Å². The number of hydrogen-bond acceptors (Lipinski definition) is 5. The van der Waals surface area contributed by atoms with Crippen LogP contribution in [0.5, 0.6) is 0 Å². The molecule has 134 valence electrons. The average Bonchev–Trinajstić information content (AvgIpc) is 2.96. The monoisotopic (exact) mass is 361 g/mol. The maximum Gasteiger partial charge on any atom is 0.413 e. The molecule has 1 aromatic heterocycles. The molecule has 0 saturated heterocycles. The topological polar surface area (TPSA) is 80.3 Å². The third-order valence-electron chi connectivity index (χ3n) is 3.53. The normalized spacial score (nSPS) is 10.6. The number of benzene rings is 1. The smallest absolute Gasteiger partial charge is 0.413 e. The number of carbonyl (C=O) groups excluding carboxylic acids is 2. The summed E-state index contributed by atoms with van der Waals surface area (Å²) in [6.07, 6.45) is -0.387. The van der Waals surface area contributed by atoms with Crippen molar-refractivity contribution in [2.45, 2.75) is 34.1 Å². The van der Waals surface area contributed by atoms with E-state index in [2.05, 4.69) is 15.6 Å². The molecule has 2 rings (SSSR count). The fourth-order valence-electron chi connectivity index (χ4n) is 2.06. The van der Waals surface area contributed by atoms with E-state index in [1.807, 2.05) is 45.9 Å². The van der Waals surface area contributed by atoms with Gasteiger partial charge >= 0.3 is 6.09 Å². The van der Waals surface area contributed by atoms with Gasteiger partial charge in [-0.05, 0) is 37.0 Å². The van der Waals surface area contributed by atoms with Crippen LogP contribution >= 0.6 is 11.3 Å². The zero-order valence-electron chi connectivity index (χ0n) is 14.9. The Bertz CT molecular complexity index is 756. The number of carbonyl (C=O) groups is 2. The Labute approximate surface area is 151 Å². The SMILES string of the molecule is Cc1cccc(NC(=O)Cc2csc(NC(=O)OCC(C)C)n2)c1C. The van der Waals surface area contributed by atoms with E-state index in [4.69, 9.17) is 4.74 Å². The zero-order chi connectivity index (χ0) is 18.4. The summed E-state index contributed by atoms with van der Waals surface area (Å²) < 4.78 is 5.04. The molecular weight excluding hydrogens is 338 g/mol. The van der Waals surface area contributed by atoms with E-state index in [1.165, 1.54) is 11.3 Å². The standard InChI is InChI=1S/C18H23N3O3S/c1-11(2)9-24-18(23)21-17-19-14(10-25-17)8-16(22)20-15-7-5-6-12(3)13(15)4/h5-7,10-11H,8-9H2,1-4H3,(H,20,22)(H,19,21,23). The van der Waals surface area contributed by atoms with E-state index in [0.29, 0.717) is 17.4 Å². The van der Waals surface area contributed by atoms with Crippen LogP contribution in [0.25, 0.3) is 0 Å². The fraction of sp³-hybridized carbons (Fsp3) is 0.389. The maximum absolute atomic E-state index is 12.2. The third-order valence-corrected chi connectivity index (χ3v) is 4.34. The van der Waals surface area contributed by atoms with Gasteiger partial charge < -0.3 is 10.1 Å². The van der Waals surface area contributed by atoms with Crippen molar-refractivity contribution in [1.29, 1.82) is 0 Å². The summed E-state index contributed by atoms with van der Waals surface area (Å²) in [5, 5.41) is 7.64. The molecule has 0 saturated carbocycles. The summed E-state index contributed by atoms with van der Waals surface area (Å²) in [6, 6.07) is 5.78. The number of anilines is 2. The summed E-state index contributed by atoms with van der Waals surface area (Å²) in [6.45, 7) is 8.25. The van der Waals surface area contributed by atoms with Crippen LogP contribution in [-0.4, -0.2) is 23.6 Å². The van der Waals surface area contributed by atoms with E-state index >= 15 is 0 Å². The van der Waals surface area contributed by atoms with Crippen LogP contribution in [0.4, 0.5) is 15.6 Å². The number of aryl methyl sites for hydroxylation is 1. The molecule has 2 aromatic rings. The first-order valence-corrected chi connectivity index (χ1v) is 8.97. The van der Waals surface area contributed by atoms with Crippen LogP contribution in [0.3, 0.4) is 0 Å². The lowest BCUT2D eigenvalue weighted by atomic mass is 10.1. The lowest BCUT2D eigenvalue weighted by Gasteiger charge is -2.09. The van der Waals surface area contributed by atoms with Gasteiger partial charge in [0.25, 0.3) is 0 Å². The van der Waals surface area contributed by atoms with Crippen LogP contribution in [0.2, 0.25) is 0 Å². The van der Waals surface area contributed by atoms with Crippen molar-refractivity contribution in [3.8, 4) is 0 Å². The number of aromatic nitrogens is 1. The molecule has 0 unspecified atom stereocenters. The summed E-state index contributed by atoms with van der Waals surface area (Å²) in [5.74, 6) is 0.124. The Morgan fingerprint density at radius 3 is 2.72 bits per heavy atom. The molecule has 1 aromatic carbocycles. The van der Waals surface area contributed by atoms with Gasteiger partial charge in [0.15, 0.2) is 5.13 Å². The molecule has 2 amide bonds. The molecule has 6 nitrogen and oxygen atoms in total. The third kappa shape index (κ3) is 5.86. The first kappa shape index (κ1) is 18.9. The van der Waals surface area contributed by atoms with Crippen molar-refractivity contribution in [3.05, 3.63) is 40.4 Å². The lowest BCUT2D eigenvalue weighted by molar-refractivity contribution is -0.115. The molecule has 0 spiro atoms. The van der Waals surface area contributed by atoms with Crippen LogP contribution in [0, 0.1) is 19.8 Å². The molecule has 7 heteroatoms. The minimum absolute atomic E-state index is 0.145. The van der Waals surface area contributed by atoms with Crippen molar-refractivity contribution in [2.24, 2.45) is 5.92 Å². The van der Waals surface area contributed by atoms with Crippen molar-refractivity contribution < 1.29 is 14.3 Å². The van der Waals surface area contributed by atoms with Gasteiger partial charge in [0.05, 0.1) is 18.7 Å². The van der Waals surface area contributed by atoms with E-state index in [1.54, 1.807) is 5.38 Å². The average molecular weight is 361 g/mol. The number of nitrogens with one attached hydrogen (secondary N) is 2. The minimum atomic E-state index is -0.533. The Kier molecular flexibility index (Phi) is 6.52. The first-order valence-electron chi connectivity index (χ1n) is 8.09. The van der Waals surface area contributed by atoms with Gasteiger partial charge in [-0.25, -0.2) is 9.78 Å². The first-order chi connectivity index (χ1) is 11.8. The summed E-state index contributed by atoms with van der Waals surface area (Å²) >= 11 is 1.26. The van der Waals surface area contributed by atoms with E-state index in [9.17, 15) is 9.59 Å². The second-order valence-corrected chi connectivity index (χ2v) is 7.09. The highest BCUT2D eigenvalue weighted by molar-refractivity contribution is 7.13. The molecule has 25 heavy (non-hydrogen) atoms. The second-order valence-electron chi connectivity index (χ2n) is 6.23. The summed E-state index contributed by atoms with van der Waals surface area (Å²) in [5.41, 5.74) is 3.57. The van der Waals surface area contributed by atoms with Gasteiger partial charge in [-0.3, -0.25) is 10.1 Å². The van der Waals surface area contributed by atoms with Crippen LogP contribution in [0.1, 0.15) is 30.7 Å². The molecular formula is C18H23N3O3S. The molecule has 0 fully saturated rings. The minimum Gasteiger partial charge on any atom is -0.449 e. The molecule has 2 N–H and O–H groups in total. The molecule has 0 bridgehead atoms. The number of ether oxygens (including phenoxy) is 1. The van der Waals surface area contributed by atoms with Gasteiger partial charge in [0.2, 0.25) is 5.91 Å². The molecule has 0 aliphatic heterocycles. The second kappa shape index (κ2) is 8.62. The Hall–Kier alpha value is -2.41. The van der Waals surface area contributed by atoms with Crippen LogP contribution < -0.4 is 10.6 Å². The molecule has 0 atom stereocenters. The Balaban J connectivity index is 1.89. The molecule has 0 radical (unpaired) electrons. The van der Waals surface area contributed by atoms with Crippen LogP contribution in [-0.2, 0) is 16.0 Å². The van der Waals surface area contributed by atoms with Crippen molar-refractivity contribution in [2.75, 3.05) is 17.2 Å². The molecule has 0 aliphatic carbocycles. The predicted molar refractivity (Wildman–Crippen MR) is 100 cm³/mol. The van der Waals surface area contributed by atoms with E-state index in [0.717, 1.165) is 16.8 Å². The molecule has 1 heterocycles. The highest BCUT2D eigenvalue weighted by Crippen LogP contribution is 2.19.